The summed E-state index contributed by atoms with van der Waals surface area (Å²) in [4.78, 5) is 26.9. The minimum atomic E-state index is -0.393. The van der Waals surface area contributed by atoms with Crippen LogP contribution in [0.15, 0.2) is 30.3 Å². The second-order valence-corrected chi connectivity index (χ2v) is 6.83. The van der Waals surface area contributed by atoms with Crippen LogP contribution in [-0.2, 0) is 20.7 Å². The molecule has 3 fully saturated rings. The summed E-state index contributed by atoms with van der Waals surface area (Å²) in [5.74, 6) is 0.0973. The van der Waals surface area contributed by atoms with Crippen molar-refractivity contribution in [2.75, 3.05) is 13.7 Å². The van der Waals surface area contributed by atoms with E-state index in [0.29, 0.717) is 18.4 Å². The highest BCUT2D eigenvalue weighted by molar-refractivity contribution is 5.83. The minimum absolute atomic E-state index is 0.116. The van der Waals surface area contributed by atoms with Crippen LogP contribution in [0.25, 0.3) is 0 Å². The molecular weight excluding hydrogens is 290 g/mol. The molecule has 1 aromatic carbocycles. The van der Waals surface area contributed by atoms with Crippen molar-refractivity contribution < 1.29 is 14.3 Å². The fourth-order valence-corrected chi connectivity index (χ4v) is 4.00. The number of hydrogen-bond acceptors (Lipinski definition) is 3. The van der Waals surface area contributed by atoms with Gasteiger partial charge in [-0.3, -0.25) is 9.59 Å². The molecule has 0 spiro atoms. The normalized spacial score (nSPS) is 24.3. The van der Waals surface area contributed by atoms with Crippen LogP contribution in [0, 0.1) is 11.8 Å². The first kappa shape index (κ1) is 16.0. The number of methoxy groups -OCH3 is 1. The molecule has 4 heteroatoms. The number of carbonyl (C=O) groups excluding carboxylic acids is 2. The highest BCUT2D eigenvalue weighted by Crippen LogP contribution is 2.35. The first-order valence-electron chi connectivity index (χ1n) is 8.58. The lowest BCUT2D eigenvalue weighted by Crippen LogP contribution is -2.51. The molecule has 23 heavy (non-hydrogen) atoms. The number of amides is 1. The van der Waals surface area contributed by atoms with Crippen LogP contribution in [0.3, 0.4) is 0 Å². The van der Waals surface area contributed by atoms with E-state index in [2.05, 4.69) is 0 Å². The Morgan fingerprint density at radius 1 is 1.17 bits per heavy atom. The molecular formula is C19H25NO3. The minimum Gasteiger partial charge on any atom is -0.469 e. The molecule has 4 rings (SSSR count). The molecule has 1 saturated carbocycles. The van der Waals surface area contributed by atoms with Crippen molar-refractivity contribution in [1.29, 1.82) is 0 Å². The van der Waals surface area contributed by atoms with Crippen LogP contribution < -0.4 is 0 Å². The second-order valence-electron chi connectivity index (χ2n) is 6.83. The maximum absolute atomic E-state index is 12.7. The molecule has 1 atom stereocenters. The Kier molecular flexibility index (Phi) is 4.99. The summed E-state index contributed by atoms with van der Waals surface area (Å²) in [6, 6.07) is 10.2. The van der Waals surface area contributed by atoms with Gasteiger partial charge >= 0.3 is 5.97 Å². The lowest BCUT2D eigenvalue weighted by molar-refractivity contribution is -0.151. The van der Waals surface area contributed by atoms with Crippen LogP contribution in [0.4, 0.5) is 0 Å². The van der Waals surface area contributed by atoms with Gasteiger partial charge in [-0.25, -0.2) is 0 Å². The molecule has 0 radical (unpaired) electrons. The number of esters is 1. The molecule has 0 N–H and O–H groups in total. The third kappa shape index (κ3) is 3.74. The summed E-state index contributed by atoms with van der Waals surface area (Å²) >= 11 is 0. The zero-order valence-electron chi connectivity index (χ0n) is 13.7. The molecule has 0 aromatic heterocycles. The summed E-state index contributed by atoms with van der Waals surface area (Å²) in [5, 5.41) is 0. The predicted octanol–water partition coefficient (Wildman–Crippen LogP) is 2.81. The maximum atomic E-state index is 12.7. The van der Waals surface area contributed by atoms with Gasteiger partial charge in [0.1, 0.15) is 0 Å². The van der Waals surface area contributed by atoms with Crippen LogP contribution in [0.5, 0.6) is 0 Å². The summed E-state index contributed by atoms with van der Waals surface area (Å²) in [6.07, 6.45) is 5.56. The monoisotopic (exact) mass is 315 g/mol. The van der Waals surface area contributed by atoms with Gasteiger partial charge in [-0.2, -0.15) is 0 Å². The van der Waals surface area contributed by atoms with Gasteiger partial charge in [0.05, 0.1) is 13.0 Å². The number of rotatable bonds is 5. The van der Waals surface area contributed by atoms with E-state index >= 15 is 0 Å². The Morgan fingerprint density at radius 2 is 1.87 bits per heavy atom. The highest BCUT2D eigenvalue weighted by atomic mass is 16.5. The molecule has 1 aromatic rings. The van der Waals surface area contributed by atoms with Gasteiger partial charge in [0.15, 0.2) is 0 Å². The number of nitrogens with zero attached hydrogens (tertiary/aromatic N) is 1. The smallest absolute Gasteiger partial charge is 0.309 e. The van der Waals surface area contributed by atoms with Gasteiger partial charge in [-0.05, 0) is 43.6 Å². The Morgan fingerprint density at radius 3 is 2.43 bits per heavy atom. The molecule has 2 bridgehead atoms. The number of hydrogen-bond donors (Lipinski definition) is 0. The van der Waals surface area contributed by atoms with Gasteiger partial charge in [0.25, 0.3) is 0 Å². The summed E-state index contributed by atoms with van der Waals surface area (Å²) in [6.45, 7) is 0.878. The molecule has 1 aliphatic carbocycles. The quantitative estimate of drug-likeness (QED) is 0.785. The average Bonchev–Trinajstić information content (AvgIpc) is 2.62. The number of piperidine rings is 2. The maximum Gasteiger partial charge on any atom is 0.309 e. The van der Waals surface area contributed by atoms with Crippen molar-refractivity contribution in [3.63, 3.8) is 0 Å². The van der Waals surface area contributed by atoms with E-state index in [9.17, 15) is 9.59 Å². The fraction of sp³-hybridized carbons (Fsp3) is 0.579. The third-order valence-corrected chi connectivity index (χ3v) is 5.31. The van der Waals surface area contributed by atoms with Gasteiger partial charge in [0, 0.05) is 19.0 Å². The summed E-state index contributed by atoms with van der Waals surface area (Å²) in [7, 11) is 1.40. The van der Waals surface area contributed by atoms with Crippen molar-refractivity contribution in [1.82, 2.24) is 4.90 Å². The molecule has 4 nitrogen and oxygen atoms in total. The molecule has 0 unspecified atom stereocenters. The molecule has 124 valence electrons. The van der Waals surface area contributed by atoms with Crippen molar-refractivity contribution in [2.45, 2.75) is 44.6 Å². The Bertz CT molecular complexity index is 549. The first-order chi connectivity index (χ1) is 11.2. The average molecular weight is 315 g/mol. The Hall–Kier alpha value is -1.84. The van der Waals surface area contributed by atoms with E-state index in [1.807, 2.05) is 35.2 Å². The van der Waals surface area contributed by atoms with Gasteiger partial charge in [0.2, 0.25) is 5.91 Å². The van der Waals surface area contributed by atoms with Crippen molar-refractivity contribution in [2.24, 2.45) is 11.8 Å². The zero-order chi connectivity index (χ0) is 16.2. The highest BCUT2D eigenvalue weighted by Gasteiger charge is 2.37. The van der Waals surface area contributed by atoms with Crippen LogP contribution >= 0.6 is 0 Å². The Labute approximate surface area is 137 Å². The van der Waals surface area contributed by atoms with Crippen molar-refractivity contribution >= 4 is 11.9 Å². The standard InChI is InChI=1S/C19H25NO3/c1-23-19(22)16(11-14-5-3-2-4-6-14)12-18(21)20-13-15-7-9-17(20)10-8-15/h2-6,15-17H,7-13H2,1H3/t15?,16-,17?/m0/s1. The molecule has 2 saturated heterocycles. The Balaban J connectivity index is 1.66. The first-order valence-corrected chi connectivity index (χ1v) is 8.58. The fourth-order valence-electron chi connectivity index (χ4n) is 4.00. The number of benzene rings is 1. The van der Waals surface area contributed by atoms with Gasteiger partial charge in [-0.15, -0.1) is 0 Å². The largest absolute Gasteiger partial charge is 0.469 e. The lowest BCUT2D eigenvalue weighted by atomic mass is 9.79. The second kappa shape index (κ2) is 7.16. The van der Waals surface area contributed by atoms with Crippen molar-refractivity contribution in [3.05, 3.63) is 35.9 Å². The van der Waals surface area contributed by atoms with Crippen LogP contribution in [0.1, 0.15) is 37.7 Å². The molecule has 2 heterocycles. The van der Waals surface area contributed by atoms with E-state index in [4.69, 9.17) is 4.74 Å². The van der Waals surface area contributed by atoms with E-state index in [0.717, 1.165) is 24.9 Å². The number of carbonyl (C=O) groups is 2. The topological polar surface area (TPSA) is 46.6 Å². The SMILES string of the molecule is COC(=O)[C@H](CC(=O)N1CC2CCC1CC2)Cc1ccccc1. The van der Waals surface area contributed by atoms with E-state index in [1.165, 1.54) is 20.0 Å². The predicted molar refractivity (Wildman–Crippen MR) is 87.7 cm³/mol. The van der Waals surface area contributed by atoms with Gasteiger partial charge < -0.3 is 9.64 Å². The van der Waals surface area contributed by atoms with Crippen LogP contribution in [0.2, 0.25) is 0 Å². The van der Waals surface area contributed by atoms with Crippen molar-refractivity contribution in [3.8, 4) is 0 Å². The molecule has 1 amide bonds. The number of fused-ring (bicyclic) bond motifs is 3. The number of ether oxygens (including phenoxy) is 1. The summed E-state index contributed by atoms with van der Waals surface area (Å²) < 4.78 is 4.93. The molecule has 2 aliphatic heterocycles. The van der Waals surface area contributed by atoms with Gasteiger partial charge in [-0.1, -0.05) is 30.3 Å². The molecule has 3 aliphatic rings. The summed E-state index contributed by atoms with van der Waals surface area (Å²) in [5.41, 5.74) is 1.07. The van der Waals surface area contributed by atoms with E-state index in [1.54, 1.807) is 0 Å². The third-order valence-electron chi connectivity index (χ3n) is 5.31. The van der Waals surface area contributed by atoms with Crippen LogP contribution in [-0.4, -0.2) is 36.5 Å². The lowest BCUT2D eigenvalue weighted by Gasteiger charge is -2.45. The zero-order valence-corrected chi connectivity index (χ0v) is 13.7. The van der Waals surface area contributed by atoms with E-state index < -0.39 is 5.92 Å². The van der Waals surface area contributed by atoms with E-state index in [-0.39, 0.29) is 18.3 Å².